The Morgan fingerprint density at radius 1 is 0.905 bits per heavy atom. The van der Waals surface area contributed by atoms with Gasteiger partial charge in [0.1, 0.15) is 11.5 Å². The van der Waals surface area contributed by atoms with Crippen molar-refractivity contribution in [2.24, 2.45) is 0 Å². The molecule has 0 saturated carbocycles. The Bertz CT molecular complexity index is 782. The molecule has 0 bridgehead atoms. The molecule has 1 unspecified atom stereocenters. The van der Waals surface area contributed by atoms with Crippen LogP contribution in [-0.4, -0.2) is 8.76 Å². The monoisotopic (exact) mass is 299 g/mol. The molecule has 4 nitrogen and oxygen atoms in total. The molecule has 0 amide bonds. The molecule has 3 aromatic carbocycles. The SMILES string of the molecule is O=S(O)Nc1ccc(Oc2cccc3ccccc23)cc1. The van der Waals surface area contributed by atoms with Crippen LogP contribution < -0.4 is 9.46 Å². The highest BCUT2D eigenvalue weighted by molar-refractivity contribution is 7.80. The van der Waals surface area contributed by atoms with Gasteiger partial charge < -0.3 is 4.74 Å². The Labute approximate surface area is 124 Å². The first-order valence-corrected chi connectivity index (χ1v) is 7.46. The van der Waals surface area contributed by atoms with Crippen LogP contribution in [0.4, 0.5) is 5.69 Å². The lowest BCUT2D eigenvalue weighted by molar-refractivity contribution is 0.488. The molecule has 0 saturated heterocycles. The summed E-state index contributed by atoms with van der Waals surface area (Å²) in [5, 5.41) is 2.16. The van der Waals surface area contributed by atoms with E-state index in [1.807, 2.05) is 42.5 Å². The highest BCUT2D eigenvalue weighted by atomic mass is 32.2. The molecule has 0 aliphatic carbocycles. The normalized spacial score (nSPS) is 12.0. The molecule has 0 spiro atoms. The quantitative estimate of drug-likeness (QED) is 0.710. The van der Waals surface area contributed by atoms with Crippen molar-refractivity contribution in [1.82, 2.24) is 0 Å². The highest BCUT2D eigenvalue weighted by Gasteiger charge is 2.03. The molecule has 0 aliphatic heterocycles. The van der Waals surface area contributed by atoms with Crippen LogP contribution in [0.3, 0.4) is 0 Å². The first kappa shape index (κ1) is 13.6. The van der Waals surface area contributed by atoms with Gasteiger partial charge in [0.25, 0.3) is 11.3 Å². The summed E-state index contributed by atoms with van der Waals surface area (Å²) in [6, 6.07) is 20.8. The van der Waals surface area contributed by atoms with Crippen molar-refractivity contribution in [1.29, 1.82) is 0 Å². The number of fused-ring (bicyclic) bond motifs is 1. The largest absolute Gasteiger partial charge is 0.457 e. The first-order valence-electron chi connectivity index (χ1n) is 6.35. The minimum atomic E-state index is -2.07. The molecule has 21 heavy (non-hydrogen) atoms. The second kappa shape index (κ2) is 5.95. The molecule has 2 N–H and O–H groups in total. The summed E-state index contributed by atoms with van der Waals surface area (Å²) in [7, 11) is 0. The van der Waals surface area contributed by atoms with Crippen LogP contribution in [0.2, 0.25) is 0 Å². The average molecular weight is 299 g/mol. The van der Waals surface area contributed by atoms with Gasteiger partial charge in [0, 0.05) is 11.1 Å². The van der Waals surface area contributed by atoms with Crippen LogP contribution in [0.25, 0.3) is 10.8 Å². The zero-order valence-electron chi connectivity index (χ0n) is 11.0. The molecule has 3 aromatic rings. The Kier molecular flexibility index (Phi) is 3.85. The molecule has 5 heteroatoms. The Morgan fingerprint density at radius 2 is 1.62 bits per heavy atom. The van der Waals surface area contributed by atoms with E-state index < -0.39 is 11.3 Å². The lowest BCUT2D eigenvalue weighted by atomic mass is 10.1. The number of hydrogen-bond donors (Lipinski definition) is 2. The van der Waals surface area contributed by atoms with Gasteiger partial charge >= 0.3 is 0 Å². The molecular weight excluding hydrogens is 286 g/mol. The Balaban J connectivity index is 1.87. The first-order chi connectivity index (χ1) is 10.2. The molecule has 3 rings (SSSR count). The summed E-state index contributed by atoms with van der Waals surface area (Å²) in [4.78, 5) is 0. The van der Waals surface area contributed by atoms with Crippen molar-refractivity contribution in [3.63, 3.8) is 0 Å². The topological polar surface area (TPSA) is 58.6 Å². The molecule has 106 valence electrons. The van der Waals surface area contributed by atoms with E-state index in [0.717, 1.165) is 16.5 Å². The van der Waals surface area contributed by atoms with Gasteiger partial charge in [-0.2, -0.15) is 0 Å². The molecule has 0 heterocycles. The fraction of sp³-hybridized carbons (Fsp3) is 0. The van der Waals surface area contributed by atoms with E-state index >= 15 is 0 Å². The molecule has 0 radical (unpaired) electrons. The van der Waals surface area contributed by atoms with Crippen LogP contribution in [0.1, 0.15) is 0 Å². The van der Waals surface area contributed by atoms with Gasteiger partial charge in [0.15, 0.2) is 0 Å². The van der Waals surface area contributed by atoms with E-state index in [2.05, 4.69) is 4.72 Å². The predicted octanol–water partition coefficient (Wildman–Crippen LogP) is 4.18. The van der Waals surface area contributed by atoms with E-state index in [-0.39, 0.29) is 0 Å². The molecule has 0 fully saturated rings. The van der Waals surface area contributed by atoms with Crippen molar-refractivity contribution in [2.75, 3.05) is 4.72 Å². The third-order valence-corrected chi connectivity index (χ3v) is 3.45. The number of nitrogens with one attached hydrogen (secondary N) is 1. The van der Waals surface area contributed by atoms with E-state index in [0.29, 0.717) is 11.4 Å². The smallest absolute Gasteiger partial charge is 0.259 e. The summed E-state index contributed by atoms with van der Waals surface area (Å²) in [6.07, 6.45) is 0. The Morgan fingerprint density at radius 3 is 2.38 bits per heavy atom. The predicted molar refractivity (Wildman–Crippen MR) is 84.9 cm³/mol. The summed E-state index contributed by atoms with van der Waals surface area (Å²) in [6.45, 7) is 0. The van der Waals surface area contributed by atoms with Crippen LogP contribution in [0.5, 0.6) is 11.5 Å². The van der Waals surface area contributed by atoms with Gasteiger partial charge in [0.05, 0.1) is 0 Å². The fourth-order valence-electron chi connectivity index (χ4n) is 2.10. The minimum Gasteiger partial charge on any atom is -0.457 e. The van der Waals surface area contributed by atoms with Crippen molar-refractivity contribution >= 4 is 27.7 Å². The number of benzene rings is 3. The molecule has 1 atom stereocenters. The van der Waals surface area contributed by atoms with Gasteiger partial charge in [-0.1, -0.05) is 36.4 Å². The van der Waals surface area contributed by atoms with Crippen LogP contribution in [0.15, 0.2) is 66.7 Å². The van der Waals surface area contributed by atoms with Gasteiger partial charge in [-0.15, -0.1) is 0 Å². The number of rotatable bonds is 4. The minimum absolute atomic E-state index is 0.557. The van der Waals surface area contributed by atoms with Crippen molar-refractivity contribution in [3.05, 3.63) is 66.7 Å². The summed E-state index contributed by atoms with van der Waals surface area (Å²) in [5.41, 5.74) is 0.557. The lowest BCUT2D eigenvalue weighted by Crippen LogP contribution is -2.01. The number of hydrogen-bond acceptors (Lipinski definition) is 2. The zero-order chi connectivity index (χ0) is 14.7. The standard InChI is InChI=1S/C16H13NO3S/c18-21(19)17-13-8-10-14(11-9-13)20-16-7-3-5-12-4-1-2-6-15(12)16/h1-11,17H,(H,18,19). The van der Waals surface area contributed by atoms with Crippen LogP contribution in [-0.2, 0) is 11.3 Å². The lowest BCUT2D eigenvalue weighted by Gasteiger charge is -2.09. The van der Waals surface area contributed by atoms with Crippen molar-refractivity contribution in [3.8, 4) is 11.5 Å². The van der Waals surface area contributed by atoms with E-state index in [1.165, 1.54) is 0 Å². The van der Waals surface area contributed by atoms with Gasteiger partial charge in [0.2, 0.25) is 0 Å². The summed E-state index contributed by atoms with van der Waals surface area (Å²) >= 11 is -2.07. The average Bonchev–Trinajstić information content (AvgIpc) is 2.49. The molecule has 0 aliphatic rings. The van der Waals surface area contributed by atoms with E-state index in [9.17, 15) is 4.21 Å². The fourth-order valence-corrected chi connectivity index (χ4v) is 2.44. The second-order valence-electron chi connectivity index (χ2n) is 4.45. The maximum atomic E-state index is 10.7. The highest BCUT2D eigenvalue weighted by Crippen LogP contribution is 2.30. The third kappa shape index (κ3) is 3.21. The number of ether oxygens (including phenoxy) is 1. The maximum Gasteiger partial charge on any atom is 0.259 e. The maximum absolute atomic E-state index is 10.7. The Hall–Kier alpha value is -2.37. The van der Waals surface area contributed by atoms with E-state index in [4.69, 9.17) is 9.29 Å². The molecule has 0 aromatic heterocycles. The second-order valence-corrected chi connectivity index (χ2v) is 5.16. The van der Waals surface area contributed by atoms with Gasteiger partial charge in [-0.25, -0.2) is 4.21 Å². The van der Waals surface area contributed by atoms with Gasteiger partial charge in [-0.3, -0.25) is 9.27 Å². The number of anilines is 1. The molecular formula is C16H13NO3S. The van der Waals surface area contributed by atoms with Crippen LogP contribution in [0, 0.1) is 0 Å². The zero-order valence-corrected chi connectivity index (χ0v) is 11.8. The van der Waals surface area contributed by atoms with Crippen LogP contribution >= 0.6 is 0 Å². The summed E-state index contributed by atoms with van der Waals surface area (Å²) in [5.74, 6) is 1.44. The third-order valence-electron chi connectivity index (χ3n) is 3.04. The van der Waals surface area contributed by atoms with Gasteiger partial charge in [-0.05, 0) is 35.7 Å². The van der Waals surface area contributed by atoms with Crippen molar-refractivity contribution < 1.29 is 13.5 Å². The van der Waals surface area contributed by atoms with E-state index in [1.54, 1.807) is 24.3 Å². The van der Waals surface area contributed by atoms with Crippen molar-refractivity contribution in [2.45, 2.75) is 0 Å². The summed E-state index contributed by atoms with van der Waals surface area (Å²) < 4.78 is 27.7.